The first kappa shape index (κ1) is 9.68. The number of amides is 2. The van der Waals surface area contributed by atoms with Crippen LogP contribution in [0.4, 0.5) is 0 Å². The van der Waals surface area contributed by atoms with Crippen LogP contribution in [-0.4, -0.2) is 37.9 Å². The second-order valence-corrected chi connectivity index (χ2v) is 2.18. The zero-order chi connectivity index (χ0) is 8.85. The lowest BCUT2D eigenvalue weighted by atomic mass is 10.4. The molecule has 2 amide bonds. The van der Waals surface area contributed by atoms with Gasteiger partial charge in [-0.1, -0.05) is 0 Å². The molecule has 0 bridgehead atoms. The molecule has 0 aliphatic carbocycles. The fourth-order valence-corrected chi connectivity index (χ4v) is 0.379. The maximum Gasteiger partial charge on any atom is 0.246 e. The predicted molar refractivity (Wildman–Crippen MR) is 41.9 cm³/mol. The molecule has 0 spiro atoms. The van der Waals surface area contributed by atoms with E-state index in [1.807, 2.05) is 0 Å². The number of carbonyl (C=O) groups excluding carboxylic acids is 2. The quantitative estimate of drug-likeness (QED) is 0.541. The Morgan fingerprint density at radius 1 is 1.27 bits per heavy atom. The Bertz CT molecular complexity index is 185. The number of carbonyl (C=O) groups is 2. The van der Waals surface area contributed by atoms with Crippen LogP contribution in [0.1, 0.15) is 0 Å². The molecule has 0 aromatic rings. The summed E-state index contributed by atoms with van der Waals surface area (Å²) in [5, 5.41) is 2.36. The largest absolute Gasteiger partial charge is 0.356 e. The third-order valence-corrected chi connectivity index (χ3v) is 1.06. The summed E-state index contributed by atoms with van der Waals surface area (Å²) >= 11 is 0. The molecule has 0 aromatic carbocycles. The van der Waals surface area contributed by atoms with E-state index in [9.17, 15) is 9.59 Å². The average molecular weight is 156 g/mol. The maximum atomic E-state index is 10.8. The summed E-state index contributed by atoms with van der Waals surface area (Å²) in [4.78, 5) is 22.8. The van der Waals surface area contributed by atoms with Crippen molar-refractivity contribution in [2.75, 3.05) is 21.1 Å². The van der Waals surface area contributed by atoms with E-state index in [0.717, 1.165) is 0 Å². The van der Waals surface area contributed by atoms with Crippen LogP contribution in [0.5, 0.6) is 0 Å². The Morgan fingerprint density at radius 3 is 2.18 bits per heavy atom. The van der Waals surface area contributed by atoms with Gasteiger partial charge in [-0.15, -0.1) is 0 Å². The molecular formula is C7H12N2O2. The summed E-state index contributed by atoms with van der Waals surface area (Å²) in [6.45, 7) is 0. The smallest absolute Gasteiger partial charge is 0.246 e. The van der Waals surface area contributed by atoms with Crippen molar-refractivity contribution in [2.45, 2.75) is 0 Å². The average Bonchev–Trinajstić information content (AvgIpc) is 1.99. The van der Waals surface area contributed by atoms with Gasteiger partial charge in [0, 0.05) is 33.3 Å². The first-order valence-corrected chi connectivity index (χ1v) is 3.19. The van der Waals surface area contributed by atoms with Gasteiger partial charge in [-0.05, 0) is 0 Å². The molecule has 1 N–H and O–H groups in total. The van der Waals surface area contributed by atoms with E-state index in [4.69, 9.17) is 0 Å². The molecular weight excluding hydrogens is 144 g/mol. The van der Waals surface area contributed by atoms with Crippen LogP contribution in [0, 0.1) is 0 Å². The van der Waals surface area contributed by atoms with Gasteiger partial charge >= 0.3 is 0 Å². The molecule has 4 nitrogen and oxygen atoms in total. The summed E-state index contributed by atoms with van der Waals surface area (Å²) in [7, 11) is 4.75. The Morgan fingerprint density at radius 2 is 1.82 bits per heavy atom. The fraction of sp³-hybridized carbons (Fsp3) is 0.429. The Labute approximate surface area is 65.9 Å². The van der Waals surface area contributed by atoms with Gasteiger partial charge in [0.05, 0.1) is 0 Å². The molecule has 0 saturated heterocycles. The van der Waals surface area contributed by atoms with Gasteiger partial charge in [-0.25, -0.2) is 0 Å². The normalized spacial score (nSPS) is 9.73. The van der Waals surface area contributed by atoms with Crippen molar-refractivity contribution in [1.82, 2.24) is 10.2 Å². The molecule has 0 fully saturated rings. The van der Waals surface area contributed by atoms with Crippen molar-refractivity contribution >= 4 is 11.8 Å². The highest BCUT2D eigenvalue weighted by Gasteiger charge is 1.97. The van der Waals surface area contributed by atoms with Gasteiger partial charge in [0.1, 0.15) is 0 Å². The topological polar surface area (TPSA) is 49.4 Å². The van der Waals surface area contributed by atoms with Crippen LogP contribution >= 0.6 is 0 Å². The second kappa shape index (κ2) is 4.49. The number of rotatable bonds is 2. The van der Waals surface area contributed by atoms with Crippen LogP contribution in [0.2, 0.25) is 0 Å². The van der Waals surface area contributed by atoms with Crippen LogP contribution < -0.4 is 5.32 Å². The second-order valence-electron chi connectivity index (χ2n) is 2.18. The number of likely N-dealkylation sites (N-methyl/N-ethyl adjacent to an activating group) is 2. The van der Waals surface area contributed by atoms with Crippen LogP contribution in [0.25, 0.3) is 0 Å². The lowest BCUT2D eigenvalue weighted by Gasteiger charge is -2.04. The molecule has 0 unspecified atom stereocenters. The number of hydrogen-bond donors (Lipinski definition) is 1. The monoisotopic (exact) mass is 156 g/mol. The lowest BCUT2D eigenvalue weighted by Crippen LogP contribution is -2.20. The van der Waals surface area contributed by atoms with E-state index in [1.165, 1.54) is 24.1 Å². The molecule has 0 aliphatic heterocycles. The van der Waals surface area contributed by atoms with Gasteiger partial charge < -0.3 is 10.2 Å². The van der Waals surface area contributed by atoms with Crippen molar-refractivity contribution in [3.8, 4) is 0 Å². The fourth-order valence-electron chi connectivity index (χ4n) is 0.379. The number of nitrogens with one attached hydrogen (secondary N) is 1. The molecule has 0 radical (unpaired) electrons. The minimum atomic E-state index is -0.278. The predicted octanol–water partition coefficient (Wildman–Crippen LogP) is -0.623. The van der Waals surface area contributed by atoms with Crippen molar-refractivity contribution in [1.29, 1.82) is 0 Å². The van der Waals surface area contributed by atoms with E-state index in [1.54, 1.807) is 14.1 Å². The number of nitrogens with zero attached hydrogens (tertiary/aromatic N) is 1. The standard InChI is InChI=1S/C7H12N2O2/c1-8-6(10)4-5-7(11)9(2)3/h4-5H,1-3H3,(H,8,10)/b5-4+. The van der Waals surface area contributed by atoms with Crippen molar-refractivity contribution in [2.24, 2.45) is 0 Å². The SMILES string of the molecule is CNC(=O)/C=C/C(=O)N(C)C. The zero-order valence-corrected chi connectivity index (χ0v) is 6.92. The summed E-state index contributed by atoms with van der Waals surface area (Å²) in [6, 6.07) is 0. The molecule has 0 rings (SSSR count). The summed E-state index contributed by atoms with van der Waals surface area (Å²) in [6.07, 6.45) is 2.42. The van der Waals surface area contributed by atoms with Gasteiger partial charge in [0.25, 0.3) is 0 Å². The highest BCUT2D eigenvalue weighted by atomic mass is 16.2. The van der Waals surface area contributed by atoms with Gasteiger partial charge in [0.15, 0.2) is 0 Å². The molecule has 0 atom stereocenters. The van der Waals surface area contributed by atoms with E-state index in [0.29, 0.717) is 0 Å². The molecule has 0 heterocycles. The van der Waals surface area contributed by atoms with E-state index in [-0.39, 0.29) is 11.8 Å². The van der Waals surface area contributed by atoms with Crippen molar-refractivity contribution < 1.29 is 9.59 Å². The van der Waals surface area contributed by atoms with Gasteiger partial charge in [0.2, 0.25) is 11.8 Å². The highest BCUT2D eigenvalue weighted by Crippen LogP contribution is 1.80. The van der Waals surface area contributed by atoms with E-state index >= 15 is 0 Å². The third kappa shape index (κ3) is 4.13. The minimum absolute atomic E-state index is 0.200. The third-order valence-electron chi connectivity index (χ3n) is 1.06. The number of hydrogen-bond acceptors (Lipinski definition) is 2. The van der Waals surface area contributed by atoms with Crippen LogP contribution in [0.15, 0.2) is 12.2 Å². The summed E-state index contributed by atoms with van der Waals surface area (Å²) < 4.78 is 0. The molecule has 0 aromatic heterocycles. The summed E-state index contributed by atoms with van der Waals surface area (Å²) in [5.74, 6) is -0.478. The molecule has 4 heteroatoms. The zero-order valence-electron chi connectivity index (χ0n) is 6.92. The molecule has 62 valence electrons. The van der Waals surface area contributed by atoms with E-state index in [2.05, 4.69) is 5.32 Å². The van der Waals surface area contributed by atoms with Crippen molar-refractivity contribution in [3.05, 3.63) is 12.2 Å². The lowest BCUT2D eigenvalue weighted by molar-refractivity contribution is -0.124. The van der Waals surface area contributed by atoms with E-state index < -0.39 is 0 Å². The van der Waals surface area contributed by atoms with Crippen LogP contribution in [-0.2, 0) is 9.59 Å². The molecule has 11 heavy (non-hydrogen) atoms. The minimum Gasteiger partial charge on any atom is -0.356 e. The maximum absolute atomic E-state index is 10.8. The molecule has 0 saturated carbocycles. The Hall–Kier alpha value is -1.32. The highest BCUT2D eigenvalue weighted by molar-refractivity contribution is 5.96. The Balaban J connectivity index is 3.93. The summed E-state index contributed by atoms with van der Waals surface area (Å²) in [5.41, 5.74) is 0. The van der Waals surface area contributed by atoms with Crippen molar-refractivity contribution in [3.63, 3.8) is 0 Å². The van der Waals surface area contributed by atoms with Gasteiger partial charge in [-0.3, -0.25) is 9.59 Å². The van der Waals surface area contributed by atoms with Gasteiger partial charge in [-0.2, -0.15) is 0 Å². The molecule has 0 aliphatic rings. The Kier molecular flexibility index (Phi) is 3.95. The van der Waals surface area contributed by atoms with Crippen LogP contribution in [0.3, 0.4) is 0 Å². The first-order valence-electron chi connectivity index (χ1n) is 3.19. The first-order chi connectivity index (χ1) is 5.07.